The van der Waals surface area contributed by atoms with Gasteiger partial charge in [-0.3, -0.25) is 9.89 Å². The molecule has 0 aliphatic carbocycles. The van der Waals surface area contributed by atoms with Crippen molar-refractivity contribution in [3.8, 4) is 0 Å². The SMILES string of the molecule is C[NH+]1C=NC=C1C([O-])=Nc1ccc(Cl)cc1Cl.[Cl-]. The van der Waals surface area contributed by atoms with Crippen molar-refractivity contribution in [2.75, 3.05) is 7.05 Å². The Morgan fingerprint density at radius 2 is 2.11 bits per heavy atom. The summed E-state index contributed by atoms with van der Waals surface area (Å²) < 4.78 is 0. The van der Waals surface area contributed by atoms with Crippen LogP contribution in [-0.4, -0.2) is 19.3 Å². The fraction of sp³-hybridized carbons (Fsp3) is 0.0909. The van der Waals surface area contributed by atoms with Crippen LogP contribution in [0, 0.1) is 0 Å². The van der Waals surface area contributed by atoms with E-state index in [0.29, 0.717) is 21.4 Å². The van der Waals surface area contributed by atoms with Gasteiger partial charge >= 0.3 is 0 Å². The maximum absolute atomic E-state index is 11.8. The summed E-state index contributed by atoms with van der Waals surface area (Å²) in [6, 6.07) is 4.79. The highest BCUT2D eigenvalue weighted by atomic mass is 35.5. The van der Waals surface area contributed by atoms with Gasteiger partial charge in [-0.15, -0.1) is 0 Å². The number of halogens is 3. The summed E-state index contributed by atoms with van der Waals surface area (Å²) in [7, 11) is 1.80. The van der Waals surface area contributed by atoms with E-state index in [9.17, 15) is 5.11 Å². The second kappa shape index (κ2) is 6.20. The number of likely N-dealkylation sites (N-methyl/N-ethyl adjacent to an activating group) is 1. The maximum Gasteiger partial charge on any atom is 0.193 e. The zero-order valence-corrected chi connectivity index (χ0v) is 11.6. The van der Waals surface area contributed by atoms with Crippen LogP contribution in [0.5, 0.6) is 0 Å². The van der Waals surface area contributed by atoms with Crippen LogP contribution in [-0.2, 0) is 0 Å². The minimum absolute atomic E-state index is 0. The van der Waals surface area contributed by atoms with Crippen LogP contribution in [0.1, 0.15) is 0 Å². The van der Waals surface area contributed by atoms with Gasteiger partial charge in [-0.25, -0.2) is 4.99 Å². The molecule has 1 aliphatic rings. The lowest BCUT2D eigenvalue weighted by Crippen LogP contribution is -3.06. The summed E-state index contributed by atoms with van der Waals surface area (Å²) in [6.45, 7) is 0. The van der Waals surface area contributed by atoms with Gasteiger partial charge in [0.2, 0.25) is 0 Å². The Labute approximate surface area is 121 Å². The first-order valence-electron chi connectivity index (χ1n) is 4.86. The van der Waals surface area contributed by atoms with Crippen LogP contribution in [0.15, 0.2) is 40.1 Å². The van der Waals surface area contributed by atoms with E-state index in [1.165, 1.54) is 6.20 Å². The van der Waals surface area contributed by atoms with E-state index in [4.69, 9.17) is 23.2 Å². The standard InChI is InChI=1S/C11H9Cl2N3O.ClH/c1-16-6-14-5-10(16)11(17)15-9-3-2-7(12)4-8(9)13;/h2-6H,1H3,(H,15,17);1H/p-1. The summed E-state index contributed by atoms with van der Waals surface area (Å²) in [5, 5.41) is 12.7. The number of benzene rings is 1. The van der Waals surface area contributed by atoms with Crippen LogP contribution < -0.4 is 22.4 Å². The number of hydrogen-bond acceptors (Lipinski definition) is 3. The second-order valence-corrected chi connectivity index (χ2v) is 4.36. The lowest BCUT2D eigenvalue weighted by molar-refractivity contribution is -0.722. The Morgan fingerprint density at radius 1 is 1.39 bits per heavy atom. The smallest absolute Gasteiger partial charge is 0.193 e. The molecule has 0 aromatic heterocycles. The normalized spacial score (nSPS) is 18.5. The largest absolute Gasteiger partial charge is 1.00 e. The van der Waals surface area contributed by atoms with Crippen molar-refractivity contribution < 1.29 is 22.4 Å². The molecule has 7 heteroatoms. The molecule has 0 radical (unpaired) electrons. The van der Waals surface area contributed by atoms with Gasteiger partial charge in [0, 0.05) is 5.02 Å². The van der Waals surface area contributed by atoms with Gasteiger partial charge in [0.25, 0.3) is 0 Å². The molecule has 0 saturated heterocycles. The highest BCUT2D eigenvalue weighted by Gasteiger charge is 2.13. The van der Waals surface area contributed by atoms with Gasteiger partial charge in [0.05, 0.1) is 29.9 Å². The van der Waals surface area contributed by atoms with Gasteiger partial charge in [0.1, 0.15) is 0 Å². The molecule has 0 amide bonds. The number of rotatable bonds is 2. The Morgan fingerprint density at radius 3 is 2.67 bits per heavy atom. The Bertz CT molecular complexity index is 540. The molecule has 2 rings (SSSR count). The summed E-state index contributed by atoms with van der Waals surface area (Å²) >= 11 is 11.7. The highest BCUT2D eigenvalue weighted by molar-refractivity contribution is 6.36. The molecule has 1 atom stereocenters. The van der Waals surface area contributed by atoms with E-state index < -0.39 is 0 Å². The van der Waals surface area contributed by atoms with Crippen molar-refractivity contribution in [2.24, 2.45) is 9.98 Å². The zero-order valence-electron chi connectivity index (χ0n) is 9.32. The van der Waals surface area contributed by atoms with Gasteiger partial charge in [-0.1, -0.05) is 23.2 Å². The molecule has 1 N–H and O–H groups in total. The van der Waals surface area contributed by atoms with Crippen molar-refractivity contribution in [1.82, 2.24) is 0 Å². The maximum atomic E-state index is 11.8. The molecule has 96 valence electrons. The predicted molar refractivity (Wildman–Crippen MR) is 67.0 cm³/mol. The number of aliphatic imine (C=N–C) groups is 2. The monoisotopic (exact) mass is 304 g/mol. The topological polar surface area (TPSA) is 52.2 Å². The zero-order chi connectivity index (χ0) is 12.4. The first-order valence-corrected chi connectivity index (χ1v) is 5.62. The molecule has 0 saturated carbocycles. The number of hydrogen-bond donors (Lipinski definition) is 1. The van der Waals surface area contributed by atoms with E-state index in [1.807, 2.05) is 0 Å². The third kappa shape index (κ3) is 3.23. The lowest BCUT2D eigenvalue weighted by Gasteiger charge is -2.13. The molecule has 1 heterocycles. The average Bonchev–Trinajstić information content (AvgIpc) is 2.68. The van der Waals surface area contributed by atoms with E-state index in [2.05, 4.69) is 9.98 Å². The summed E-state index contributed by atoms with van der Waals surface area (Å²) in [5.41, 5.74) is 0.887. The van der Waals surface area contributed by atoms with E-state index in [0.717, 1.165) is 4.90 Å². The molecule has 0 bridgehead atoms. The van der Waals surface area contributed by atoms with E-state index in [-0.39, 0.29) is 18.3 Å². The fourth-order valence-electron chi connectivity index (χ4n) is 1.36. The molecule has 4 nitrogen and oxygen atoms in total. The summed E-state index contributed by atoms with van der Waals surface area (Å²) in [6.07, 6.45) is 3.11. The van der Waals surface area contributed by atoms with Crippen LogP contribution >= 0.6 is 23.2 Å². The first kappa shape index (κ1) is 15.0. The Hall–Kier alpha value is -1.07. The van der Waals surface area contributed by atoms with Crippen molar-refractivity contribution in [3.63, 3.8) is 0 Å². The predicted octanol–water partition coefficient (Wildman–Crippen LogP) is -2.21. The quantitative estimate of drug-likeness (QED) is 0.489. The highest BCUT2D eigenvalue weighted by Crippen LogP contribution is 2.27. The van der Waals surface area contributed by atoms with Crippen LogP contribution in [0.2, 0.25) is 10.0 Å². The molecule has 1 aliphatic heterocycles. The third-order valence-corrected chi connectivity index (χ3v) is 2.80. The molecule has 18 heavy (non-hydrogen) atoms. The summed E-state index contributed by atoms with van der Waals surface area (Å²) in [5.74, 6) is -0.357. The number of quaternary nitrogens is 1. The first-order chi connectivity index (χ1) is 8.08. The van der Waals surface area contributed by atoms with Crippen molar-refractivity contribution in [1.29, 1.82) is 0 Å². The number of nitrogens with zero attached hydrogens (tertiary/aromatic N) is 2. The molecule has 1 aromatic carbocycles. The molecule has 1 unspecified atom stereocenters. The average molecular weight is 306 g/mol. The van der Waals surface area contributed by atoms with Crippen LogP contribution in [0.25, 0.3) is 0 Å². The van der Waals surface area contributed by atoms with Crippen LogP contribution in [0.3, 0.4) is 0 Å². The van der Waals surface area contributed by atoms with Crippen molar-refractivity contribution >= 4 is 41.1 Å². The summed E-state index contributed by atoms with van der Waals surface area (Å²) in [4.78, 5) is 8.61. The minimum atomic E-state index is -0.357. The van der Waals surface area contributed by atoms with Crippen LogP contribution in [0.4, 0.5) is 5.69 Å². The molecular formula is C11H9Cl3N3O-. The van der Waals surface area contributed by atoms with E-state index >= 15 is 0 Å². The molecular weight excluding hydrogens is 296 g/mol. The Kier molecular flexibility index (Phi) is 5.16. The lowest BCUT2D eigenvalue weighted by atomic mass is 10.3. The fourth-order valence-corrected chi connectivity index (χ4v) is 1.81. The molecule has 0 spiro atoms. The van der Waals surface area contributed by atoms with Gasteiger partial charge in [-0.05, 0) is 18.2 Å². The minimum Gasteiger partial charge on any atom is -1.00 e. The Balaban J connectivity index is 0.00000162. The number of nitrogens with one attached hydrogen (secondary N) is 1. The van der Waals surface area contributed by atoms with Crippen molar-refractivity contribution in [3.05, 3.63) is 40.1 Å². The van der Waals surface area contributed by atoms with Gasteiger partial charge in [-0.2, -0.15) is 0 Å². The second-order valence-electron chi connectivity index (χ2n) is 3.52. The molecule has 1 aromatic rings. The molecule has 0 fully saturated rings. The van der Waals surface area contributed by atoms with Crippen molar-refractivity contribution in [2.45, 2.75) is 0 Å². The van der Waals surface area contributed by atoms with Gasteiger partial charge < -0.3 is 17.5 Å². The third-order valence-electron chi connectivity index (χ3n) is 2.26. The van der Waals surface area contributed by atoms with Gasteiger partial charge in [0.15, 0.2) is 12.0 Å². The van der Waals surface area contributed by atoms with E-state index in [1.54, 1.807) is 31.6 Å².